The molecule has 0 amide bonds. The van der Waals surface area contributed by atoms with Crippen molar-refractivity contribution in [3.63, 3.8) is 0 Å². The van der Waals surface area contributed by atoms with Crippen LogP contribution in [0.25, 0.3) is 0 Å². The second kappa shape index (κ2) is 7.35. The first-order chi connectivity index (χ1) is 10.7. The van der Waals surface area contributed by atoms with Crippen LogP contribution in [-0.4, -0.2) is 27.1 Å². The summed E-state index contributed by atoms with van der Waals surface area (Å²) in [4.78, 5) is 31.4. The van der Waals surface area contributed by atoms with Crippen LogP contribution < -0.4 is 0 Å². The summed E-state index contributed by atoms with van der Waals surface area (Å²) in [6.07, 6.45) is 4.45. The van der Waals surface area contributed by atoms with Crippen LogP contribution in [0.2, 0.25) is 0 Å². The van der Waals surface area contributed by atoms with Gasteiger partial charge in [0.2, 0.25) is 0 Å². The normalized spacial score (nSPS) is 22.3. The SMILES string of the molecule is CC1C(C(=O)O)=CC=CC1(C)C(=O)O.O=[N+]([O-])c1ccccc1. The number of carboxylic acids is 2. The smallest absolute Gasteiger partial charge is 0.331 e. The minimum Gasteiger partial charge on any atom is -0.481 e. The molecule has 122 valence electrons. The molecule has 1 aliphatic carbocycles. The number of hydrogen-bond acceptors (Lipinski definition) is 4. The summed E-state index contributed by atoms with van der Waals surface area (Å²) in [7, 11) is 0. The Morgan fingerprint density at radius 2 is 1.78 bits per heavy atom. The number of para-hydroxylation sites is 1. The van der Waals surface area contributed by atoms with Crippen molar-refractivity contribution in [1.82, 2.24) is 0 Å². The Balaban J connectivity index is 0.000000253. The van der Waals surface area contributed by atoms with Gasteiger partial charge in [0.15, 0.2) is 0 Å². The Labute approximate surface area is 132 Å². The van der Waals surface area contributed by atoms with Crippen molar-refractivity contribution < 1.29 is 24.7 Å². The second-order valence-electron chi connectivity index (χ2n) is 5.19. The van der Waals surface area contributed by atoms with Gasteiger partial charge in [-0.1, -0.05) is 43.4 Å². The fourth-order valence-corrected chi connectivity index (χ4v) is 2.03. The van der Waals surface area contributed by atoms with Gasteiger partial charge in [0.25, 0.3) is 5.69 Å². The summed E-state index contributed by atoms with van der Waals surface area (Å²) in [5.74, 6) is -2.59. The Bertz CT molecular complexity index is 664. The lowest BCUT2D eigenvalue weighted by atomic mass is 9.71. The molecular weight excluding hydrogens is 302 g/mol. The number of benzene rings is 1. The molecule has 0 fully saturated rings. The number of carbonyl (C=O) groups is 2. The number of allylic oxidation sites excluding steroid dienone is 2. The molecule has 0 spiro atoms. The average Bonchev–Trinajstić information content (AvgIpc) is 2.51. The topological polar surface area (TPSA) is 118 Å². The van der Waals surface area contributed by atoms with Gasteiger partial charge >= 0.3 is 11.9 Å². The fourth-order valence-electron chi connectivity index (χ4n) is 2.03. The zero-order chi connectivity index (χ0) is 17.6. The quantitative estimate of drug-likeness (QED) is 0.653. The molecule has 0 saturated carbocycles. The Morgan fingerprint density at radius 1 is 1.22 bits per heavy atom. The van der Waals surface area contributed by atoms with Gasteiger partial charge in [0.05, 0.1) is 10.3 Å². The highest BCUT2D eigenvalue weighted by Crippen LogP contribution is 2.37. The summed E-state index contributed by atoms with van der Waals surface area (Å²) < 4.78 is 0. The van der Waals surface area contributed by atoms with E-state index >= 15 is 0 Å². The van der Waals surface area contributed by atoms with E-state index in [0.717, 1.165) is 0 Å². The zero-order valence-electron chi connectivity index (χ0n) is 12.7. The van der Waals surface area contributed by atoms with Crippen LogP contribution in [0.5, 0.6) is 0 Å². The van der Waals surface area contributed by atoms with E-state index < -0.39 is 28.2 Å². The van der Waals surface area contributed by atoms with Gasteiger partial charge in [0, 0.05) is 23.6 Å². The molecule has 0 radical (unpaired) electrons. The van der Waals surface area contributed by atoms with Gasteiger partial charge in [-0.05, 0) is 6.92 Å². The maximum Gasteiger partial charge on any atom is 0.331 e. The van der Waals surface area contributed by atoms with Crippen molar-refractivity contribution in [3.8, 4) is 0 Å². The van der Waals surface area contributed by atoms with E-state index in [9.17, 15) is 19.7 Å². The van der Waals surface area contributed by atoms with Gasteiger partial charge in [-0.15, -0.1) is 0 Å². The van der Waals surface area contributed by atoms with Crippen molar-refractivity contribution in [2.24, 2.45) is 11.3 Å². The summed E-state index contributed by atoms with van der Waals surface area (Å²) in [5, 5.41) is 27.8. The third-order valence-corrected chi connectivity index (χ3v) is 3.76. The first-order valence-electron chi connectivity index (χ1n) is 6.75. The number of non-ortho nitro benzene ring substituents is 1. The van der Waals surface area contributed by atoms with Crippen molar-refractivity contribution in [2.75, 3.05) is 0 Å². The lowest BCUT2D eigenvalue weighted by Crippen LogP contribution is -2.36. The largest absolute Gasteiger partial charge is 0.481 e. The van der Waals surface area contributed by atoms with E-state index in [1.165, 1.54) is 37.3 Å². The molecule has 2 unspecified atom stereocenters. The predicted octanol–water partition coefficient (Wildman–Crippen LogP) is 2.89. The molecule has 0 saturated heterocycles. The molecule has 1 aliphatic rings. The third-order valence-electron chi connectivity index (χ3n) is 3.76. The van der Waals surface area contributed by atoms with Gasteiger partial charge in [0.1, 0.15) is 0 Å². The van der Waals surface area contributed by atoms with Gasteiger partial charge in [-0.3, -0.25) is 14.9 Å². The maximum atomic E-state index is 11.0. The van der Waals surface area contributed by atoms with Gasteiger partial charge < -0.3 is 10.2 Å². The standard InChI is InChI=1S/C10H12O4.C6H5NO2/c1-6-7(8(11)12)4-3-5-10(6,2)9(13)14;8-7(9)6-4-2-1-3-5-6/h3-6H,1-2H3,(H,11,12)(H,13,14);1-5H. The molecule has 7 heteroatoms. The molecule has 1 aromatic rings. The number of rotatable bonds is 3. The van der Waals surface area contributed by atoms with E-state index in [1.54, 1.807) is 25.1 Å². The molecule has 1 aromatic carbocycles. The first-order valence-corrected chi connectivity index (χ1v) is 6.75. The molecule has 2 N–H and O–H groups in total. The van der Waals surface area contributed by atoms with E-state index in [-0.39, 0.29) is 11.3 Å². The Morgan fingerprint density at radius 3 is 2.17 bits per heavy atom. The minimum atomic E-state index is -1.12. The van der Waals surface area contributed by atoms with Crippen LogP contribution in [0.3, 0.4) is 0 Å². The molecule has 7 nitrogen and oxygen atoms in total. The highest BCUT2D eigenvalue weighted by Gasteiger charge is 2.41. The number of hydrogen-bond donors (Lipinski definition) is 2. The summed E-state index contributed by atoms with van der Waals surface area (Å²) >= 11 is 0. The molecule has 2 rings (SSSR count). The molecule has 23 heavy (non-hydrogen) atoms. The highest BCUT2D eigenvalue weighted by atomic mass is 16.6. The predicted molar refractivity (Wildman–Crippen MR) is 82.9 cm³/mol. The average molecular weight is 319 g/mol. The number of nitro groups is 1. The van der Waals surface area contributed by atoms with Crippen LogP contribution in [-0.2, 0) is 9.59 Å². The Hall–Kier alpha value is -2.96. The van der Waals surface area contributed by atoms with Crippen LogP contribution in [0.1, 0.15) is 13.8 Å². The van der Waals surface area contributed by atoms with Crippen LogP contribution in [0.4, 0.5) is 5.69 Å². The monoisotopic (exact) mass is 319 g/mol. The van der Waals surface area contributed by atoms with E-state index in [4.69, 9.17) is 10.2 Å². The molecule has 2 atom stereocenters. The minimum absolute atomic E-state index is 0.136. The van der Waals surface area contributed by atoms with Gasteiger partial charge in [-0.2, -0.15) is 0 Å². The molecule has 0 aliphatic heterocycles. The van der Waals surface area contributed by atoms with Crippen molar-refractivity contribution in [3.05, 3.63) is 64.2 Å². The lowest BCUT2D eigenvalue weighted by molar-refractivity contribution is -0.384. The zero-order valence-corrected chi connectivity index (χ0v) is 12.7. The molecule has 0 bridgehead atoms. The summed E-state index contributed by atoms with van der Waals surface area (Å²) in [5.41, 5.74) is -0.849. The van der Waals surface area contributed by atoms with Crippen LogP contribution in [0, 0.1) is 21.4 Å². The van der Waals surface area contributed by atoms with Crippen LogP contribution >= 0.6 is 0 Å². The first kappa shape index (κ1) is 18.1. The second-order valence-corrected chi connectivity index (χ2v) is 5.19. The van der Waals surface area contributed by atoms with E-state index in [1.807, 2.05) is 0 Å². The summed E-state index contributed by atoms with van der Waals surface area (Å²) in [6, 6.07) is 7.93. The fraction of sp³-hybridized carbons (Fsp3) is 0.250. The molecule has 0 heterocycles. The number of nitro benzene ring substituents is 1. The Kier molecular flexibility index (Phi) is 5.78. The molecule has 0 aromatic heterocycles. The lowest BCUT2D eigenvalue weighted by Gasteiger charge is -2.30. The van der Waals surface area contributed by atoms with E-state index in [0.29, 0.717) is 0 Å². The van der Waals surface area contributed by atoms with Crippen molar-refractivity contribution >= 4 is 17.6 Å². The van der Waals surface area contributed by atoms with Crippen molar-refractivity contribution in [1.29, 1.82) is 0 Å². The highest BCUT2D eigenvalue weighted by molar-refractivity contribution is 5.91. The number of carboxylic acid groups (broad SMARTS) is 2. The van der Waals surface area contributed by atoms with Crippen LogP contribution in [0.15, 0.2) is 54.1 Å². The number of nitrogens with zero attached hydrogens (tertiary/aromatic N) is 1. The van der Waals surface area contributed by atoms with Gasteiger partial charge in [-0.25, -0.2) is 4.79 Å². The molecular formula is C16H17NO6. The maximum absolute atomic E-state index is 11.0. The number of aliphatic carboxylic acids is 2. The van der Waals surface area contributed by atoms with E-state index in [2.05, 4.69) is 0 Å². The third kappa shape index (κ3) is 4.26. The summed E-state index contributed by atoms with van der Waals surface area (Å²) in [6.45, 7) is 3.13. The van der Waals surface area contributed by atoms with Crippen molar-refractivity contribution in [2.45, 2.75) is 13.8 Å².